The summed E-state index contributed by atoms with van der Waals surface area (Å²) >= 11 is 0. The minimum absolute atomic E-state index is 0.0608. The highest BCUT2D eigenvalue weighted by atomic mass is 16.6. The highest BCUT2D eigenvalue weighted by Gasteiger charge is 2.10. The number of carbonyl (C=O) groups excluding carboxylic acids is 2. The summed E-state index contributed by atoms with van der Waals surface area (Å²) in [6.07, 6.45) is 0.0977. The van der Waals surface area contributed by atoms with Crippen LogP contribution in [0.3, 0.4) is 0 Å². The summed E-state index contributed by atoms with van der Waals surface area (Å²) in [5.74, 6) is -0.687. The quantitative estimate of drug-likeness (QED) is 0.315. The third-order valence-electron chi connectivity index (χ3n) is 4.55. The van der Waals surface area contributed by atoms with Gasteiger partial charge in [-0.3, -0.25) is 19.7 Å². The van der Waals surface area contributed by atoms with Crippen molar-refractivity contribution in [3.05, 3.63) is 94.5 Å². The smallest absolute Gasteiger partial charge is 0.271 e. The van der Waals surface area contributed by atoms with E-state index in [9.17, 15) is 19.7 Å². The molecule has 0 aliphatic carbocycles. The first-order chi connectivity index (χ1) is 15.4. The third-order valence-corrected chi connectivity index (χ3v) is 4.55. The second kappa shape index (κ2) is 10.6. The van der Waals surface area contributed by atoms with Gasteiger partial charge in [0.15, 0.2) is 0 Å². The van der Waals surface area contributed by atoms with E-state index in [2.05, 4.69) is 15.8 Å². The molecule has 0 unspecified atom stereocenters. The fraction of sp³-hybridized carbons (Fsp3) is 0.125. The van der Waals surface area contributed by atoms with E-state index >= 15 is 0 Å². The predicted octanol–water partition coefficient (Wildman–Crippen LogP) is 4.33. The molecule has 0 spiro atoms. The lowest BCUT2D eigenvalue weighted by molar-refractivity contribution is -0.384. The van der Waals surface area contributed by atoms with Crippen molar-refractivity contribution in [1.29, 1.82) is 0 Å². The van der Waals surface area contributed by atoms with Gasteiger partial charge in [0.1, 0.15) is 0 Å². The Morgan fingerprint density at radius 2 is 1.59 bits per heavy atom. The molecule has 0 fully saturated rings. The second-order valence-corrected chi connectivity index (χ2v) is 7.15. The van der Waals surface area contributed by atoms with Crippen LogP contribution in [0.25, 0.3) is 11.1 Å². The molecule has 3 aromatic carbocycles. The van der Waals surface area contributed by atoms with Crippen LogP contribution in [-0.4, -0.2) is 22.4 Å². The van der Waals surface area contributed by atoms with Crippen molar-refractivity contribution in [2.45, 2.75) is 19.8 Å². The Kier molecular flexibility index (Phi) is 7.42. The average molecular weight is 430 g/mol. The Hall–Kier alpha value is -4.33. The molecule has 2 N–H and O–H groups in total. The number of amides is 2. The summed E-state index contributed by atoms with van der Waals surface area (Å²) in [7, 11) is 0. The van der Waals surface area contributed by atoms with Crippen molar-refractivity contribution < 1.29 is 14.5 Å². The monoisotopic (exact) mass is 430 g/mol. The largest absolute Gasteiger partial charge is 0.326 e. The zero-order valence-corrected chi connectivity index (χ0v) is 17.4. The van der Waals surface area contributed by atoms with E-state index < -0.39 is 10.8 Å². The normalized spacial score (nSPS) is 11.0. The molecule has 0 atom stereocenters. The summed E-state index contributed by atoms with van der Waals surface area (Å²) in [5.41, 5.74) is 6.08. The molecule has 2 amide bonds. The molecule has 0 bridgehead atoms. The number of nitrogens with one attached hydrogen (secondary N) is 2. The van der Waals surface area contributed by atoms with E-state index in [1.165, 1.54) is 18.2 Å². The lowest BCUT2D eigenvalue weighted by atomic mass is 10.0. The molecule has 3 rings (SSSR count). The van der Waals surface area contributed by atoms with Crippen LogP contribution in [0.2, 0.25) is 0 Å². The minimum atomic E-state index is -0.535. The van der Waals surface area contributed by atoms with Crippen LogP contribution in [0, 0.1) is 10.1 Å². The standard InChI is InChI=1S/C24H22N4O4/c1-17(14-23(29)25-21-8-5-9-22(16-21)28(31)32)26-27-24(30)15-18-10-12-20(13-11-18)19-6-3-2-4-7-19/h2-13,16H,14-15H2,1H3,(H,25,29)(H,27,30). The van der Waals surface area contributed by atoms with E-state index in [1.54, 1.807) is 13.0 Å². The molecule has 0 saturated heterocycles. The molecule has 32 heavy (non-hydrogen) atoms. The van der Waals surface area contributed by atoms with E-state index in [1.807, 2.05) is 54.6 Å². The molecule has 0 saturated carbocycles. The number of hydrazone groups is 1. The molecule has 0 aromatic heterocycles. The molecule has 0 aliphatic rings. The molecule has 3 aromatic rings. The Morgan fingerprint density at radius 3 is 2.28 bits per heavy atom. The number of non-ortho nitro benzene ring substituents is 1. The molecule has 0 aliphatic heterocycles. The van der Waals surface area contributed by atoms with Gasteiger partial charge in [0, 0.05) is 23.5 Å². The minimum Gasteiger partial charge on any atom is -0.326 e. The van der Waals surface area contributed by atoms with Crippen LogP contribution in [0.5, 0.6) is 0 Å². The highest BCUT2D eigenvalue weighted by Crippen LogP contribution is 2.19. The van der Waals surface area contributed by atoms with Crippen LogP contribution in [0.4, 0.5) is 11.4 Å². The van der Waals surface area contributed by atoms with Crippen molar-refractivity contribution in [3.63, 3.8) is 0 Å². The maximum absolute atomic E-state index is 12.2. The number of hydrogen-bond donors (Lipinski definition) is 2. The van der Waals surface area contributed by atoms with E-state index in [0.29, 0.717) is 11.4 Å². The van der Waals surface area contributed by atoms with Crippen molar-refractivity contribution in [2.24, 2.45) is 5.10 Å². The lowest BCUT2D eigenvalue weighted by Crippen LogP contribution is -2.22. The van der Waals surface area contributed by atoms with E-state index in [4.69, 9.17) is 0 Å². The average Bonchev–Trinajstić information content (AvgIpc) is 2.79. The number of nitro groups is 1. The Bertz CT molecular complexity index is 1140. The maximum atomic E-state index is 12.2. The van der Waals surface area contributed by atoms with Crippen molar-refractivity contribution in [2.75, 3.05) is 5.32 Å². The SMILES string of the molecule is CC(CC(=O)Nc1cccc([N+](=O)[O-])c1)=NNC(=O)Cc1ccc(-c2ccccc2)cc1. The fourth-order valence-electron chi connectivity index (χ4n) is 3.00. The number of nitrogens with zero attached hydrogens (tertiary/aromatic N) is 2. The van der Waals surface area contributed by atoms with Gasteiger partial charge in [-0.1, -0.05) is 60.7 Å². The summed E-state index contributed by atoms with van der Waals surface area (Å²) in [4.78, 5) is 34.6. The first-order valence-electron chi connectivity index (χ1n) is 9.91. The van der Waals surface area contributed by atoms with Crippen LogP contribution in [0.15, 0.2) is 84.0 Å². The van der Waals surface area contributed by atoms with Gasteiger partial charge < -0.3 is 5.32 Å². The second-order valence-electron chi connectivity index (χ2n) is 7.15. The first kappa shape index (κ1) is 22.4. The number of rotatable bonds is 8. The highest BCUT2D eigenvalue weighted by molar-refractivity contribution is 6.05. The maximum Gasteiger partial charge on any atom is 0.271 e. The molecular weight excluding hydrogens is 408 g/mol. The van der Waals surface area contributed by atoms with Crippen molar-refractivity contribution in [1.82, 2.24) is 5.43 Å². The zero-order valence-electron chi connectivity index (χ0n) is 17.4. The van der Waals surface area contributed by atoms with Crippen molar-refractivity contribution in [3.8, 4) is 11.1 Å². The van der Waals surface area contributed by atoms with Gasteiger partial charge >= 0.3 is 0 Å². The third kappa shape index (κ3) is 6.60. The van der Waals surface area contributed by atoms with Gasteiger partial charge in [-0.25, -0.2) is 5.43 Å². The topological polar surface area (TPSA) is 114 Å². The van der Waals surface area contributed by atoms with Crippen LogP contribution >= 0.6 is 0 Å². The Morgan fingerprint density at radius 1 is 0.906 bits per heavy atom. The number of anilines is 1. The van der Waals surface area contributed by atoms with E-state index in [-0.39, 0.29) is 24.4 Å². The molecule has 8 nitrogen and oxygen atoms in total. The van der Waals surface area contributed by atoms with Crippen LogP contribution in [0.1, 0.15) is 18.9 Å². The van der Waals surface area contributed by atoms with Gasteiger partial charge in [0.05, 0.1) is 17.8 Å². The number of nitro benzene ring substituents is 1. The van der Waals surface area contributed by atoms with Gasteiger partial charge in [0.2, 0.25) is 11.8 Å². The Labute approximate surface area is 185 Å². The molecule has 162 valence electrons. The van der Waals surface area contributed by atoms with Crippen LogP contribution < -0.4 is 10.7 Å². The van der Waals surface area contributed by atoms with Gasteiger partial charge in [-0.05, 0) is 29.7 Å². The number of hydrogen-bond acceptors (Lipinski definition) is 5. The van der Waals surface area contributed by atoms with Gasteiger partial charge in [-0.15, -0.1) is 0 Å². The molecule has 8 heteroatoms. The summed E-state index contributed by atoms with van der Waals surface area (Å²) in [5, 5.41) is 17.4. The first-order valence-corrected chi connectivity index (χ1v) is 9.91. The van der Waals surface area contributed by atoms with Crippen molar-refractivity contribution >= 4 is 28.9 Å². The summed E-state index contributed by atoms with van der Waals surface area (Å²) in [6.45, 7) is 1.61. The lowest BCUT2D eigenvalue weighted by Gasteiger charge is -2.06. The molecule has 0 radical (unpaired) electrons. The molecular formula is C24H22N4O4. The summed E-state index contributed by atoms with van der Waals surface area (Å²) < 4.78 is 0. The number of benzene rings is 3. The van der Waals surface area contributed by atoms with Crippen LogP contribution in [-0.2, 0) is 16.0 Å². The van der Waals surface area contributed by atoms with E-state index in [0.717, 1.165) is 16.7 Å². The van der Waals surface area contributed by atoms with Gasteiger partial charge in [-0.2, -0.15) is 5.10 Å². The number of carbonyl (C=O) groups is 2. The molecule has 0 heterocycles. The fourth-order valence-corrected chi connectivity index (χ4v) is 3.00. The predicted molar refractivity (Wildman–Crippen MR) is 123 cm³/mol. The summed E-state index contributed by atoms with van der Waals surface area (Å²) in [6, 6.07) is 23.3. The Balaban J connectivity index is 1.49. The van der Waals surface area contributed by atoms with Gasteiger partial charge in [0.25, 0.3) is 5.69 Å². The zero-order chi connectivity index (χ0) is 22.9.